The SMILES string of the molecule is CC1CN(C(=O)c2ccc(=O)n(Cc3ccccc3Cl)c2)CCN1. The zero-order chi connectivity index (χ0) is 17.1. The fourth-order valence-corrected chi connectivity index (χ4v) is 3.09. The molecular formula is C18H20ClN3O2. The third-order valence-corrected chi connectivity index (χ3v) is 4.55. The highest BCUT2D eigenvalue weighted by Gasteiger charge is 2.22. The Labute approximate surface area is 145 Å². The molecule has 0 aliphatic carbocycles. The van der Waals surface area contributed by atoms with Gasteiger partial charge in [-0.25, -0.2) is 0 Å². The average Bonchev–Trinajstić information content (AvgIpc) is 2.58. The van der Waals surface area contributed by atoms with E-state index < -0.39 is 0 Å². The smallest absolute Gasteiger partial charge is 0.255 e. The summed E-state index contributed by atoms with van der Waals surface area (Å²) in [5, 5.41) is 3.92. The van der Waals surface area contributed by atoms with Crippen molar-refractivity contribution in [3.63, 3.8) is 0 Å². The van der Waals surface area contributed by atoms with Crippen molar-refractivity contribution in [2.45, 2.75) is 19.5 Å². The molecule has 2 aromatic rings. The monoisotopic (exact) mass is 345 g/mol. The molecule has 0 radical (unpaired) electrons. The molecule has 5 nitrogen and oxygen atoms in total. The number of benzene rings is 1. The molecule has 1 N–H and O–H groups in total. The van der Waals surface area contributed by atoms with Crippen LogP contribution in [-0.4, -0.2) is 41.1 Å². The molecule has 1 amide bonds. The van der Waals surface area contributed by atoms with E-state index in [-0.39, 0.29) is 17.5 Å². The Morgan fingerprint density at radius 1 is 1.29 bits per heavy atom. The summed E-state index contributed by atoms with van der Waals surface area (Å²) in [6.07, 6.45) is 1.63. The first kappa shape index (κ1) is 16.7. The quantitative estimate of drug-likeness (QED) is 0.925. The molecular weight excluding hydrogens is 326 g/mol. The molecule has 0 saturated carbocycles. The van der Waals surface area contributed by atoms with Gasteiger partial charge in [-0.15, -0.1) is 0 Å². The summed E-state index contributed by atoms with van der Waals surface area (Å²) in [6, 6.07) is 10.7. The topological polar surface area (TPSA) is 54.3 Å². The lowest BCUT2D eigenvalue weighted by Crippen LogP contribution is -2.51. The van der Waals surface area contributed by atoms with Gasteiger partial charge in [0.15, 0.2) is 0 Å². The van der Waals surface area contributed by atoms with Gasteiger partial charge in [0.1, 0.15) is 0 Å². The third kappa shape index (κ3) is 3.68. The van der Waals surface area contributed by atoms with Crippen molar-refractivity contribution < 1.29 is 4.79 Å². The van der Waals surface area contributed by atoms with E-state index in [1.54, 1.807) is 18.3 Å². The molecule has 1 aromatic carbocycles. The summed E-state index contributed by atoms with van der Waals surface area (Å²) >= 11 is 6.17. The molecule has 126 valence electrons. The molecule has 1 aliphatic rings. The van der Waals surface area contributed by atoms with Crippen molar-refractivity contribution in [2.24, 2.45) is 0 Å². The van der Waals surface area contributed by atoms with Crippen molar-refractivity contribution in [3.8, 4) is 0 Å². The van der Waals surface area contributed by atoms with Gasteiger partial charge in [-0.2, -0.15) is 0 Å². The standard InChI is InChI=1S/C18H20ClN3O2/c1-13-10-21(9-8-20-13)18(24)15-6-7-17(23)22(12-15)11-14-4-2-3-5-16(14)19/h2-7,12-13,20H,8-11H2,1H3. The van der Waals surface area contributed by atoms with E-state index in [1.165, 1.54) is 10.6 Å². The molecule has 24 heavy (non-hydrogen) atoms. The van der Waals surface area contributed by atoms with E-state index in [0.29, 0.717) is 30.2 Å². The predicted octanol–water partition coefficient (Wildman–Crippen LogP) is 1.98. The number of nitrogens with zero attached hydrogens (tertiary/aromatic N) is 2. The molecule has 1 saturated heterocycles. The van der Waals surface area contributed by atoms with Gasteiger partial charge in [0.2, 0.25) is 0 Å². The predicted molar refractivity (Wildman–Crippen MR) is 94.6 cm³/mol. The maximum atomic E-state index is 12.7. The normalized spacial score (nSPS) is 17.8. The lowest BCUT2D eigenvalue weighted by Gasteiger charge is -2.32. The van der Waals surface area contributed by atoms with E-state index >= 15 is 0 Å². The van der Waals surface area contributed by atoms with E-state index in [4.69, 9.17) is 11.6 Å². The van der Waals surface area contributed by atoms with Crippen molar-refractivity contribution in [2.75, 3.05) is 19.6 Å². The number of nitrogens with one attached hydrogen (secondary N) is 1. The lowest BCUT2D eigenvalue weighted by molar-refractivity contribution is 0.0708. The third-order valence-electron chi connectivity index (χ3n) is 4.18. The Kier molecular flexibility index (Phi) is 5.02. The Hall–Kier alpha value is -2.11. The van der Waals surface area contributed by atoms with Crippen LogP contribution >= 0.6 is 11.6 Å². The largest absolute Gasteiger partial charge is 0.336 e. The highest BCUT2D eigenvalue weighted by atomic mass is 35.5. The van der Waals surface area contributed by atoms with E-state index in [0.717, 1.165) is 12.1 Å². The van der Waals surface area contributed by atoms with Gasteiger partial charge in [-0.05, 0) is 24.6 Å². The first-order valence-electron chi connectivity index (χ1n) is 8.01. The Morgan fingerprint density at radius 3 is 2.83 bits per heavy atom. The summed E-state index contributed by atoms with van der Waals surface area (Å²) in [5.41, 5.74) is 1.22. The number of rotatable bonds is 3. The number of hydrogen-bond donors (Lipinski definition) is 1. The molecule has 1 fully saturated rings. The maximum absolute atomic E-state index is 12.7. The van der Waals surface area contributed by atoms with Crippen LogP contribution in [0.15, 0.2) is 47.4 Å². The van der Waals surface area contributed by atoms with Crippen LogP contribution in [0.5, 0.6) is 0 Å². The fraction of sp³-hybridized carbons (Fsp3) is 0.333. The molecule has 3 rings (SSSR count). The van der Waals surface area contributed by atoms with Gasteiger partial charge in [0, 0.05) is 43.0 Å². The number of amides is 1. The Morgan fingerprint density at radius 2 is 2.08 bits per heavy atom. The van der Waals surface area contributed by atoms with Crippen molar-refractivity contribution >= 4 is 17.5 Å². The van der Waals surface area contributed by atoms with Gasteiger partial charge in [0.25, 0.3) is 11.5 Å². The fourth-order valence-electron chi connectivity index (χ4n) is 2.89. The molecule has 0 bridgehead atoms. The molecule has 1 atom stereocenters. The summed E-state index contributed by atoms with van der Waals surface area (Å²) in [6.45, 7) is 4.52. The number of carbonyl (C=O) groups excluding carboxylic acids is 1. The molecule has 1 unspecified atom stereocenters. The Balaban J connectivity index is 1.85. The van der Waals surface area contributed by atoms with Gasteiger partial charge in [0.05, 0.1) is 12.1 Å². The highest BCUT2D eigenvalue weighted by molar-refractivity contribution is 6.31. The number of halogens is 1. The molecule has 2 heterocycles. The van der Waals surface area contributed by atoms with Gasteiger partial charge >= 0.3 is 0 Å². The first-order chi connectivity index (χ1) is 11.5. The summed E-state index contributed by atoms with van der Waals surface area (Å²) in [4.78, 5) is 26.6. The maximum Gasteiger partial charge on any atom is 0.255 e. The van der Waals surface area contributed by atoms with Crippen LogP contribution < -0.4 is 10.9 Å². The second kappa shape index (κ2) is 7.20. The first-order valence-corrected chi connectivity index (χ1v) is 8.39. The van der Waals surface area contributed by atoms with Crippen molar-refractivity contribution in [3.05, 3.63) is 69.1 Å². The minimum Gasteiger partial charge on any atom is -0.336 e. The van der Waals surface area contributed by atoms with Crippen LogP contribution in [0.1, 0.15) is 22.8 Å². The second-order valence-electron chi connectivity index (χ2n) is 6.08. The van der Waals surface area contributed by atoms with Crippen LogP contribution in [-0.2, 0) is 6.54 Å². The van der Waals surface area contributed by atoms with Crippen LogP contribution in [0.4, 0.5) is 0 Å². The van der Waals surface area contributed by atoms with Crippen LogP contribution in [0.25, 0.3) is 0 Å². The second-order valence-corrected chi connectivity index (χ2v) is 6.49. The number of hydrogen-bond acceptors (Lipinski definition) is 3. The van der Waals surface area contributed by atoms with Crippen LogP contribution in [0.2, 0.25) is 5.02 Å². The lowest BCUT2D eigenvalue weighted by atomic mass is 10.1. The zero-order valence-corrected chi connectivity index (χ0v) is 14.3. The highest BCUT2D eigenvalue weighted by Crippen LogP contribution is 2.16. The molecule has 1 aliphatic heterocycles. The summed E-state index contributed by atoms with van der Waals surface area (Å²) in [7, 11) is 0. The minimum atomic E-state index is -0.153. The van der Waals surface area contributed by atoms with Crippen LogP contribution in [0, 0.1) is 0 Å². The zero-order valence-electron chi connectivity index (χ0n) is 13.5. The number of piperazine rings is 1. The number of pyridine rings is 1. The average molecular weight is 346 g/mol. The van der Waals surface area contributed by atoms with E-state index in [2.05, 4.69) is 12.2 Å². The van der Waals surface area contributed by atoms with E-state index in [1.807, 2.05) is 23.1 Å². The summed E-state index contributed by atoms with van der Waals surface area (Å²) in [5.74, 6) is -0.0451. The van der Waals surface area contributed by atoms with Gasteiger partial charge < -0.3 is 14.8 Å². The van der Waals surface area contributed by atoms with E-state index in [9.17, 15) is 9.59 Å². The van der Waals surface area contributed by atoms with Crippen molar-refractivity contribution in [1.82, 2.24) is 14.8 Å². The number of carbonyl (C=O) groups is 1. The van der Waals surface area contributed by atoms with Crippen LogP contribution in [0.3, 0.4) is 0 Å². The Bertz CT molecular complexity index is 803. The molecule has 0 spiro atoms. The molecule has 1 aromatic heterocycles. The van der Waals surface area contributed by atoms with Gasteiger partial charge in [-0.3, -0.25) is 9.59 Å². The summed E-state index contributed by atoms with van der Waals surface area (Å²) < 4.78 is 1.53. The van der Waals surface area contributed by atoms with Crippen molar-refractivity contribution in [1.29, 1.82) is 0 Å². The van der Waals surface area contributed by atoms with Gasteiger partial charge in [-0.1, -0.05) is 29.8 Å². The minimum absolute atomic E-state index is 0.0451. The molecule has 6 heteroatoms. The number of aromatic nitrogens is 1.